The molecule has 2 fully saturated rings. The van der Waals surface area contributed by atoms with Gasteiger partial charge in [-0.25, -0.2) is 14.5 Å². The summed E-state index contributed by atoms with van der Waals surface area (Å²) in [6.07, 6.45) is 4.09. The first-order valence-corrected chi connectivity index (χ1v) is 13.2. The highest BCUT2D eigenvalue weighted by Crippen LogP contribution is 2.28. The summed E-state index contributed by atoms with van der Waals surface area (Å²) < 4.78 is 14.9. The van der Waals surface area contributed by atoms with Gasteiger partial charge in [0.15, 0.2) is 0 Å². The monoisotopic (exact) mass is 532 g/mol. The normalized spacial score (nSPS) is 14.9. The quantitative estimate of drug-likeness (QED) is 0.403. The van der Waals surface area contributed by atoms with Crippen LogP contribution < -0.4 is 10.5 Å². The minimum absolute atomic E-state index is 0.00664. The Morgan fingerprint density at radius 3 is 2.55 bits per heavy atom. The van der Waals surface area contributed by atoms with Crippen molar-refractivity contribution in [3.8, 4) is 17.9 Å². The van der Waals surface area contributed by atoms with Crippen molar-refractivity contribution >= 4 is 22.5 Å². The number of aromatic nitrogens is 3. The average Bonchev–Trinajstić information content (AvgIpc) is 3.83. The number of hydrogen-bond donors (Lipinski definition) is 1. The third-order valence-electron chi connectivity index (χ3n) is 7.27. The molecule has 1 N–H and O–H groups in total. The molecule has 2 aromatic heterocycles. The van der Waals surface area contributed by atoms with Crippen LogP contribution in [0, 0.1) is 34.9 Å². The molecule has 1 amide bonds. The Kier molecular flexibility index (Phi) is 6.71. The van der Waals surface area contributed by atoms with Crippen molar-refractivity contribution in [2.24, 2.45) is 5.92 Å². The van der Waals surface area contributed by atoms with Gasteiger partial charge in [0, 0.05) is 55.7 Å². The highest BCUT2D eigenvalue weighted by Gasteiger charge is 2.25. The number of carbonyl (C=O) groups excluding carboxylic acids is 1. The molecule has 2 aliphatic rings. The zero-order valence-corrected chi connectivity index (χ0v) is 21.7. The van der Waals surface area contributed by atoms with E-state index in [1.54, 1.807) is 35.2 Å². The Labute approximate surface area is 230 Å². The lowest BCUT2D eigenvalue weighted by atomic mass is 10.0. The molecule has 1 aliphatic carbocycles. The number of anilines is 1. The molecule has 8 nitrogen and oxygen atoms in total. The van der Waals surface area contributed by atoms with Crippen LogP contribution in [0.3, 0.4) is 0 Å². The first kappa shape index (κ1) is 25.3. The van der Waals surface area contributed by atoms with Crippen molar-refractivity contribution in [2.45, 2.75) is 19.3 Å². The SMILES string of the molecule is N#Cc1ccc(N2CCN(C(=O)c3cc(Cc4n[nH]c(=O)c5ccc(C#CC6CC6)cc45)ccc3F)CC2)nc1. The molecule has 1 saturated carbocycles. The summed E-state index contributed by atoms with van der Waals surface area (Å²) in [5, 5.41) is 17.0. The highest BCUT2D eigenvalue weighted by molar-refractivity contribution is 5.95. The summed E-state index contributed by atoms with van der Waals surface area (Å²) in [5.41, 5.74) is 2.36. The second-order valence-corrected chi connectivity index (χ2v) is 10.1. The van der Waals surface area contributed by atoms with Crippen LogP contribution in [0.4, 0.5) is 10.2 Å². The smallest absolute Gasteiger partial charge is 0.272 e. The van der Waals surface area contributed by atoms with E-state index < -0.39 is 5.82 Å². The van der Waals surface area contributed by atoms with Crippen LogP contribution in [-0.2, 0) is 6.42 Å². The number of piperazine rings is 1. The van der Waals surface area contributed by atoms with Gasteiger partial charge >= 0.3 is 0 Å². The fraction of sp³-hybridized carbons (Fsp3) is 0.258. The number of rotatable bonds is 4. The second kappa shape index (κ2) is 10.6. The molecule has 1 saturated heterocycles. The zero-order chi connectivity index (χ0) is 27.6. The van der Waals surface area contributed by atoms with E-state index in [0.29, 0.717) is 66.1 Å². The van der Waals surface area contributed by atoms with Crippen LogP contribution in [-0.4, -0.2) is 52.2 Å². The maximum absolute atomic E-state index is 14.9. The van der Waals surface area contributed by atoms with Gasteiger partial charge in [0.05, 0.1) is 22.2 Å². The number of hydrogen-bond acceptors (Lipinski definition) is 6. The lowest BCUT2D eigenvalue weighted by Gasteiger charge is -2.35. The zero-order valence-electron chi connectivity index (χ0n) is 21.7. The lowest BCUT2D eigenvalue weighted by molar-refractivity contribution is 0.0741. The van der Waals surface area contributed by atoms with Crippen molar-refractivity contribution in [3.05, 3.63) is 98.8 Å². The Morgan fingerprint density at radius 2 is 1.82 bits per heavy atom. The molecule has 0 unspecified atom stereocenters. The molecule has 0 spiro atoms. The van der Waals surface area contributed by atoms with Gasteiger partial charge in [-0.15, -0.1) is 0 Å². The van der Waals surface area contributed by atoms with Crippen LogP contribution in [0.1, 0.15) is 45.6 Å². The molecule has 6 rings (SSSR count). The number of nitriles is 1. The van der Waals surface area contributed by atoms with Gasteiger partial charge in [0.2, 0.25) is 0 Å². The van der Waals surface area contributed by atoms with Gasteiger partial charge in [0.1, 0.15) is 17.7 Å². The lowest BCUT2D eigenvalue weighted by Crippen LogP contribution is -2.49. The van der Waals surface area contributed by atoms with E-state index in [9.17, 15) is 14.0 Å². The molecule has 2 aromatic carbocycles. The van der Waals surface area contributed by atoms with Gasteiger partial charge in [-0.05, 0) is 60.9 Å². The fourth-order valence-corrected chi connectivity index (χ4v) is 4.83. The van der Waals surface area contributed by atoms with Crippen LogP contribution in [0.2, 0.25) is 0 Å². The van der Waals surface area contributed by atoms with Crippen molar-refractivity contribution in [1.82, 2.24) is 20.1 Å². The van der Waals surface area contributed by atoms with E-state index in [2.05, 4.69) is 33.1 Å². The number of aromatic amines is 1. The number of benzene rings is 2. The minimum Gasteiger partial charge on any atom is -0.353 e. The molecule has 0 bridgehead atoms. The number of fused-ring (bicyclic) bond motifs is 1. The number of nitrogens with one attached hydrogen (secondary N) is 1. The summed E-state index contributed by atoms with van der Waals surface area (Å²) >= 11 is 0. The molecular formula is C31H25FN6O2. The molecule has 0 atom stereocenters. The Balaban J connectivity index is 1.20. The minimum atomic E-state index is -0.582. The third kappa shape index (κ3) is 5.27. The number of amides is 1. The summed E-state index contributed by atoms with van der Waals surface area (Å²) in [6, 6.07) is 15.5. The summed E-state index contributed by atoms with van der Waals surface area (Å²) in [5.74, 6) is 6.66. The Bertz CT molecular complexity index is 1770. The average molecular weight is 533 g/mol. The molecular weight excluding hydrogens is 507 g/mol. The first-order chi connectivity index (χ1) is 19.5. The maximum atomic E-state index is 14.9. The van der Waals surface area contributed by atoms with Gasteiger partial charge in [-0.2, -0.15) is 10.4 Å². The van der Waals surface area contributed by atoms with Crippen molar-refractivity contribution < 1.29 is 9.18 Å². The van der Waals surface area contributed by atoms with Gasteiger partial charge in [-0.1, -0.05) is 17.9 Å². The molecule has 9 heteroatoms. The predicted molar refractivity (Wildman–Crippen MR) is 148 cm³/mol. The second-order valence-electron chi connectivity index (χ2n) is 10.1. The third-order valence-corrected chi connectivity index (χ3v) is 7.27. The van der Waals surface area contributed by atoms with E-state index in [1.807, 2.05) is 17.0 Å². The topological polar surface area (TPSA) is 106 Å². The number of pyridine rings is 1. The van der Waals surface area contributed by atoms with E-state index in [-0.39, 0.29) is 17.0 Å². The molecule has 40 heavy (non-hydrogen) atoms. The van der Waals surface area contributed by atoms with Crippen LogP contribution in [0.5, 0.6) is 0 Å². The van der Waals surface area contributed by atoms with Crippen molar-refractivity contribution in [2.75, 3.05) is 31.1 Å². The van der Waals surface area contributed by atoms with E-state index in [4.69, 9.17) is 5.26 Å². The molecule has 3 heterocycles. The molecule has 0 radical (unpaired) electrons. The molecule has 198 valence electrons. The standard InChI is InChI=1S/C31H25FN6O2/c32-27-9-6-22(17-28-25-15-21(4-3-20-1-2-20)5-8-24(25)30(39)36-35-28)16-26(27)31(40)38-13-11-37(12-14-38)29-10-7-23(18-33)19-34-29/h5-10,15-16,19-20H,1-2,11-14,17H2,(H,36,39). The van der Waals surface area contributed by atoms with Crippen molar-refractivity contribution in [1.29, 1.82) is 5.26 Å². The molecule has 1 aliphatic heterocycles. The summed E-state index contributed by atoms with van der Waals surface area (Å²) in [6.45, 7) is 1.93. The van der Waals surface area contributed by atoms with E-state index in [0.717, 1.165) is 24.2 Å². The summed E-state index contributed by atoms with van der Waals surface area (Å²) in [4.78, 5) is 33.7. The van der Waals surface area contributed by atoms with E-state index in [1.165, 1.54) is 12.3 Å². The number of carbonyl (C=O) groups is 1. The highest BCUT2D eigenvalue weighted by atomic mass is 19.1. The molecule has 4 aromatic rings. The van der Waals surface area contributed by atoms with Crippen LogP contribution >= 0.6 is 0 Å². The van der Waals surface area contributed by atoms with Gasteiger partial charge in [0.25, 0.3) is 11.5 Å². The van der Waals surface area contributed by atoms with Gasteiger partial charge in [-0.3, -0.25) is 9.59 Å². The Morgan fingerprint density at radius 1 is 1.02 bits per heavy atom. The van der Waals surface area contributed by atoms with Crippen LogP contribution in [0.15, 0.2) is 59.5 Å². The summed E-state index contributed by atoms with van der Waals surface area (Å²) in [7, 11) is 0. The first-order valence-electron chi connectivity index (χ1n) is 13.2. The number of halogens is 1. The number of nitrogens with zero attached hydrogens (tertiary/aromatic N) is 5. The van der Waals surface area contributed by atoms with Crippen molar-refractivity contribution in [3.63, 3.8) is 0 Å². The van der Waals surface area contributed by atoms with E-state index >= 15 is 0 Å². The van der Waals surface area contributed by atoms with Gasteiger partial charge < -0.3 is 9.80 Å². The Hall–Kier alpha value is -5.02. The fourth-order valence-electron chi connectivity index (χ4n) is 4.83. The van der Waals surface area contributed by atoms with Crippen LogP contribution in [0.25, 0.3) is 10.8 Å². The number of H-pyrrole nitrogens is 1. The predicted octanol–water partition coefficient (Wildman–Crippen LogP) is 3.64. The largest absolute Gasteiger partial charge is 0.353 e. The maximum Gasteiger partial charge on any atom is 0.272 e.